The number of nitrogens with zero attached hydrogens (tertiary/aromatic N) is 4. The second-order valence-corrected chi connectivity index (χ2v) is 6.47. The van der Waals surface area contributed by atoms with E-state index in [2.05, 4.69) is 15.2 Å². The van der Waals surface area contributed by atoms with E-state index in [9.17, 15) is 4.79 Å². The van der Waals surface area contributed by atoms with Gasteiger partial charge in [0.05, 0.1) is 12.2 Å². The predicted octanol–water partition coefficient (Wildman–Crippen LogP) is 3.11. The molecule has 0 unspecified atom stereocenters. The van der Waals surface area contributed by atoms with E-state index < -0.39 is 0 Å². The summed E-state index contributed by atoms with van der Waals surface area (Å²) < 4.78 is 7.68. The number of benzene rings is 1. The van der Waals surface area contributed by atoms with Gasteiger partial charge in [-0.05, 0) is 39.0 Å². The summed E-state index contributed by atoms with van der Waals surface area (Å²) in [7, 11) is 0. The van der Waals surface area contributed by atoms with Crippen LogP contribution in [0.15, 0.2) is 35.5 Å². The highest BCUT2D eigenvalue weighted by Crippen LogP contribution is 2.21. The molecule has 6 nitrogen and oxygen atoms in total. The highest BCUT2D eigenvalue weighted by molar-refractivity contribution is 7.99. The van der Waals surface area contributed by atoms with Gasteiger partial charge >= 0.3 is 0 Å². The third kappa shape index (κ3) is 3.41. The van der Waals surface area contributed by atoms with E-state index in [1.165, 1.54) is 6.92 Å². The van der Waals surface area contributed by atoms with Crippen LogP contribution in [0, 0.1) is 13.8 Å². The van der Waals surface area contributed by atoms with Gasteiger partial charge in [0.1, 0.15) is 5.75 Å². The fourth-order valence-electron chi connectivity index (χ4n) is 2.46. The Morgan fingerprint density at radius 3 is 2.83 bits per heavy atom. The van der Waals surface area contributed by atoms with Gasteiger partial charge in [0.15, 0.2) is 10.9 Å². The van der Waals surface area contributed by atoms with Gasteiger partial charge in [0, 0.05) is 17.1 Å². The molecule has 1 aromatic carbocycles. The molecule has 0 aliphatic heterocycles. The Labute approximate surface area is 144 Å². The summed E-state index contributed by atoms with van der Waals surface area (Å²) in [6.07, 6.45) is 0. The highest BCUT2D eigenvalue weighted by Gasteiger charge is 2.11. The van der Waals surface area contributed by atoms with Crippen LogP contribution in [0.3, 0.4) is 0 Å². The summed E-state index contributed by atoms with van der Waals surface area (Å²) >= 11 is 1.55. The number of para-hydroxylation sites is 1. The van der Waals surface area contributed by atoms with Gasteiger partial charge in [-0.25, -0.2) is 4.98 Å². The van der Waals surface area contributed by atoms with Crippen LogP contribution >= 0.6 is 11.8 Å². The van der Waals surface area contributed by atoms with Crippen LogP contribution < -0.4 is 4.74 Å². The largest absolute Gasteiger partial charge is 0.492 e. The van der Waals surface area contributed by atoms with Crippen molar-refractivity contribution in [3.63, 3.8) is 0 Å². The van der Waals surface area contributed by atoms with E-state index in [4.69, 9.17) is 4.74 Å². The number of ether oxygens (including phenoxy) is 1. The minimum atomic E-state index is -0.00114. The van der Waals surface area contributed by atoms with Gasteiger partial charge in [-0.3, -0.25) is 9.20 Å². The zero-order chi connectivity index (χ0) is 17.1. The summed E-state index contributed by atoms with van der Waals surface area (Å²) in [5.74, 6) is 1.92. The van der Waals surface area contributed by atoms with E-state index >= 15 is 0 Å². The smallest absolute Gasteiger partial charge is 0.256 e. The average Bonchev–Trinajstić information content (AvgIpc) is 2.95. The van der Waals surface area contributed by atoms with E-state index in [0.717, 1.165) is 16.5 Å². The van der Waals surface area contributed by atoms with Crippen molar-refractivity contribution >= 4 is 23.3 Å². The lowest BCUT2D eigenvalue weighted by Gasteiger charge is -2.09. The van der Waals surface area contributed by atoms with Crippen LogP contribution in [0.4, 0.5) is 0 Å². The van der Waals surface area contributed by atoms with Gasteiger partial charge < -0.3 is 4.74 Å². The molecule has 124 valence electrons. The normalized spacial score (nSPS) is 11.0. The summed E-state index contributed by atoms with van der Waals surface area (Å²) in [5, 5.41) is 9.09. The van der Waals surface area contributed by atoms with Crippen molar-refractivity contribution in [2.45, 2.75) is 25.9 Å². The topological polar surface area (TPSA) is 69.4 Å². The molecule has 0 radical (unpaired) electrons. The van der Waals surface area contributed by atoms with Crippen molar-refractivity contribution in [1.82, 2.24) is 19.6 Å². The van der Waals surface area contributed by atoms with E-state index in [-0.39, 0.29) is 5.78 Å². The SMILES string of the molecule is CC(=O)c1ccccc1OCCSc1nnc2nc(C)cc(C)n12. The van der Waals surface area contributed by atoms with E-state index in [0.29, 0.717) is 29.5 Å². The monoisotopic (exact) mass is 342 g/mol. The summed E-state index contributed by atoms with van der Waals surface area (Å²) in [4.78, 5) is 16.0. The Kier molecular flexibility index (Phi) is 4.80. The van der Waals surface area contributed by atoms with E-state index in [1.807, 2.05) is 42.5 Å². The van der Waals surface area contributed by atoms with Gasteiger partial charge in [0.25, 0.3) is 5.78 Å². The second kappa shape index (κ2) is 7.00. The van der Waals surface area contributed by atoms with Crippen molar-refractivity contribution in [3.8, 4) is 5.75 Å². The molecule has 3 aromatic rings. The van der Waals surface area contributed by atoms with E-state index in [1.54, 1.807) is 17.8 Å². The van der Waals surface area contributed by atoms with Gasteiger partial charge in [-0.1, -0.05) is 23.9 Å². The molecule has 24 heavy (non-hydrogen) atoms. The zero-order valence-electron chi connectivity index (χ0n) is 13.8. The molecule has 0 fully saturated rings. The molecule has 0 saturated carbocycles. The molecule has 2 aromatic heterocycles. The van der Waals surface area contributed by atoms with Gasteiger partial charge in [-0.2, -0.15) is 0 Å². The van der Waals surface area contributed by atoms with Crippen LogP contribution in [0.5, 0.6) is 5.75 Å². The Balaban J connectivity index is 1.65. The third-order valence-electron chi connectivity index (χ3n) is 3.50. The molecule has 0 amide bonds. The zero-order valence-corrected chi connectivity index (χ0v) is 14.6. The fourth-order valence-corrected chi connectivity index (χ4v) is 3.26. The Bertz CT molecular complexity index is 891. The maximum absolute atomic E-state index is 11.6. The molecule has 0 bridgehead atoms. The molecular formula is C17H18N4O2S. The van der Waals surface area contributed by atoms with Crippen LogP contribution in [0.25, 0.3) is 5.78 Å². The Morgan fingerprint density at radius 2 is 2.04 bits per heavy atom. The van der Waals surface area contributed by atoms with Gasteiger partial charge in [-0.15, -0.1) is 10.2 Å². The molecular weight excluding hydrogens is 324 g/mol. The number of aryl methyl sites for hydroxylation is 2. The fraction of sp³-hybridized carbons (Fsp3) is 0.294. The number of rotatable bonds is 6. The molecule has 0 saturated heterocycles. The third-order valence-corrected chi connectivity index (χ3v) is 4.39. The van der Waals surface area contributed by atoms with Crippen LogP contribution in [-0.4, -0.2) is 37.7 Å². The minimum Gasteiger partial charge on any atom is -0.492 e. The molecule has 2 heterocycles. The lowest BCUT2D eigenvalue weighted by atomic mass is 10.1. The number of carbonyl (C=O) groups excluding carboxylic acids is 1. The molecule has 0 atom stereocenters. The number of ketones is 1. The van der Waals surface area contributed by atoms with Crippen molar-refractivity contribution in [3.05, 3.63) is 47.3 Å². The standard InChI is InChI=1S/C17H18N4O2S/c1-11-10-12(2)21-16(18-11)19-20-17(21)24-9-8-23-15-7-5-4-6-14(15)13(3)22/h4-7,10H,8-9H2,1-3H3. The van der Waals surface area contributed by atoms with Crippen molar-refractivity contribution in [2.75, 3.05) is 12.4 Å². The summed E-state index contributed by atoms with van der Waals surface area (Å²) in [5.41, 5.74) is 2.58. The molecule has 3 rings (SSSR count). The van der Waals surface area contributed by atoms with Gasteiger partial charge in [0.2, 0.25) is 0 Å². The molecule has 0 aliphatic rings. The lowest BCUT2D eigenvalue weighted by Crippen LogP contribution is -2.05. The minimum absolute atomic E-state index is 0.00114. The number of fused-ring (bicyclic) bond motifs is 1. The first-order chi connectivity index (χ1) is 11.6. The maximum atomic E-state index is 11.6. The highest BCUT2D eigenvalue weighted by atomic mass is 32.2. The Morgan fingerprint density at radius 1 is 1.25 bits per heavy atom. The number of hydrogen-bond acceptors (Lipinski definition) is 6. The van der Waals surface area contributed by atoms with Crippen molar-refractivity contribution in [1.29, 1.82) is 0 Å². The first-order valence-corrected chi connectivity index (χ1v) is 8.60. The summed E-state index contributed by atoms with van der Waals surface area (Å²) in [6, 6.07) is 9.27. The first kappa shape index (κ1) is 16.4. The number of carbonyl (C=O) groups is 1. The van der Waals surface area contributed by atoms with Crippen molar-refractivity contribution in [2.24, 2.45) is 0 Å². The van der Waals surface area contributed by atoms with Crippen LogP contribution in [-0.2, 0) is 0 Å². The lowest BCUT2D eigenvalue weighted by molar-refractivity contribution is 0.101. The molecule has 0 spiro atoms. The number of hydrogen-bond donors (Lipinski definition) is 0. The molecule has 0 N–H and O–H groups in total. The van der Waals surface area contributed by atoms with Crippen LogP contribution in [0.2, 0.25) is 0 Å². The number of aromatic nitrogens is 4. The first-order valence-electron chi connectivity index (χ1n) is 7.61. The Hall–Kier alpha value is -2.41. The molecule has 0 aliphatic carbocycles. The van der Waals surface area contributed by atoms with Crippen molar-refractivity contribution < 1.29 is 9.53 Å². The average molecular weight is 342 g/mol. The maximum Gasteiger partial charge on any atom is 0.256 e. The quantitative estimate of drug-likeness (QED) is 0.389. The molecule has 7 heteroatoms. The predicted molar refractivity (Wildman–Crippen MR) is 92.9 cm³/mol. The summed E-state index contributed by atoms with van der Waals surface area (Å²) in [6.45, 7) is 5.96. The number of Topliss-reactive ketones (excluding diaryl/α,β-unsaturated/α-hetero) is 1. The number of thioether (sulfide) groups is 1. The van der Waals surface area contributed by atoms with Crippen LogP contribution in [0.1, 0.15) is 28.7 Å². The second-order valence-electron chi connectivity index (χ2n) is 5.41.